The quantitative estimate of drug-likeness (QED) is 0.903. The number of hydrogen-bond acceptors (Lipinski definition) is 4. The Hall–Kier alpha value is -2.63. The number of carbonyl (C=O) groups is 1. The van der Waals surface area contributed by atoms with Gasteiger partial charge >= 0.3 is 6.09 Å². The van der Waals surface area contributed by atoms with Gasteiger partial charge in [-0.3, -0.25) is 10.3 Å². The first kappa shape index (κ1) is 14.8. The fourth-order valence-electron chi connectivity index (χ4n) is 1.82. The second kappa shape index (κ2) is 6.69. The van der Waals surface area contributed by atoms with Crippen LogP contribution in [0.5, 0.6) is 0 Å². The number of nitrogens with one attached hydrogen (secondary N) is 2. The zero-order valence-electron chi connectivity index (χ0n) is 11.8. The topological polar surface area (TPSA) is 63.2 Å². The van der Waals surface area contributed by atoms with Crippen LogP contribution in [0, 0.1) is 5.82 Å². The lowest BCUT2D eigenvalue weighted by atomic mass is 10.1. The van der Waals surface area contributed by atoms with E-state index in [-0.39, 0.29) is 11.9 Å². The number of carbonyl (C=O) groups excluding carboxylic acids is 1. The van der Waals surface area contributed by atoms with Crippen molar-refractivity contribution in [3.8, 4) is 0 Å². The Bertz CT molecular complexity index is 617. The van der Waals surface area contributed by atoms with Gasteiger partial charge in [0.15, 0.2) is 0 Å². The van der Waals surface area contributed by atoms with E-state index in [1.165, 1.54) is 19.4 Å². The maximum Gasteiger partial charge on any atom is 0.411 e. The molecular weight excluding hydrogens is 273 g/mol. The zero-order chi connectivity index (χ0) is 15.2. The van der Waals surface area contributed by atoms with Crippen LogP contribution >= 0.6 is 0 Å². The molecule has 0 aliphatic rings. The van der Waals surface area contributed by atoms with E-state index in [4.69, 9.17) is 0 Å². The van der Waals surface area contributed by atoms with Gasteiger partial charge in [-0.25, -0.2) is 9.18 Å². The van der Waals surface area contributed by atoms with E-state index in [1.807, 2.05) is 19.1 Å². The highest BCUT2D eigenvalue weighted by atomic mass is 19.1. The highest BCUT2D eigenvalue weighted by Crippen LogP contribution is 2.20. The number of rotatable bonds is 4. The van der Waals surface area contributed by atoms with Crippen LogP contribution in [-0.4, -0.2) is 18.2 Å². The smallest absolute Gasteiger partial charge is 0.411 e. The number of nitrogens with zero attached hydrogens (tertiary/aromatic N) is 1. The van der Waals surface area contributed by atoms with E-state index in [0.717, 1.165) is 11.3 Å². The fourth-order valence-corrected chi connectivity index (χ4v) is 1.82. The number of anilines is 2. The molecule has 0 saturated heterocycles. The summed E-state index contributed by atoms with van der Waals surface area (Å²) in [5.41, 5.74) is 2.24. The largest absolute Gasteiger partial charge is 0.453 e. The maximum absolute atomic E-state index is 13.1. The lowest BCUT2D eigenvalue weighted by Crippen LogP contribution is -2.11. The van der Waals surface area contributed by atoms with Crippen molar-refractivity contribution >= 4 is 17.5 Å². The van der Waals surface area contributed by atoms with Gasteiger partial charge in [-0.05, 0) is 42.8 Å². The van der Waals surface area contributed by atoms with E-state index < -0.39 is 6.09 Å². The van der Waals surface area contributed by atoms with E-state index in [0.29, 0.717) is 5.69 Å². The molecule has 1 unspecified atom stereocenters. The normalized spacial score (nSPS) is 11.6. The van der Waals surface area contributed by atoms with E-state index >= 15 is 0 Å². The van der Waals surface area contributed by atoms with Crippen LogP contribution < -0.4 is 10.6 Å². The summed E-state index contributed by atoms with van der Waals surface area (Å²) in [6, 6.07) is 8.47. The van der Waals surface area contributed by atoms with Crippen molar-refractivity contribution in [1.82, 2.24) is 4.98 Å². The van der Waals surface area contributed by atoms with Crippen LogP contribution in [0.25, 0.3) is 0 Å². The average molecular weight is 289 g/mol. The van der Waals surface area contributed by atoms with Gasteiger partial charge in [0.2, 0.25) is 0 Å². The Morgan fingerprint density at radius 2 is 1.90 bits per heavy atom. The van der Waals surface area contributed by atoms with Gasteiger partial charge in [0.1, 0.15) is 5.82 Å². The summed E-state index contributed by atoms with van der Waals surface area (Å²) < 4.78 is 17.6. The Morgan fingerprint density at radius 3 is 2.52 bits per heavy atom. The van der Waals surface area contributed by atoms with Crippen molar-refractivity contribution in [3.05, 3.63) is 54.1 Å². The molecular formula is C15H16FN3O2. The third-order valence-electron chi connectivity index (χ3n) is 2.93. The summed E-state index contributed by atoms with van der Waals surface area (Å²) >= 11 is 0. The molecule has 1 atom stereocenters. The number of amides is 1. The molecule has 6 heteroatoms. The summed E-state index contributed by atoms with van der Waals surface area (Å²) in [5, 5.41) is 5.79. The van der Waals surface area contributed by atoms with Crippen LogP contribution in [0.15, 0.2) is 42.7 Å². The summed E-state index contributed by atoms with van der Waals surface area (Å²) in [6.07, 6.45) is 2.27. The number of ether oxygens (including phenoxy) is 1. The van der Waals surface area contributed by atoms with Gasteiger partial charge in [-0.15, -0.1) is 0 Å². The van der Waals surface area contributed by atoms with E-state index in [2.05, 4.69) is 20.4 Å². The Balaban J connectivity index is 2.01. The van der Waals surface area contributed by atoms with Crippen molar-refractivity contribution in [3.63, 3.8) is 0 Å². The predicted molar refractivity (Wildman–Crippen MR) is 78.7 cm³/mol. The van der Waals surface area contributed by atoms with Crippen molar-refractivity contribution < 1.29 is 13.9 Å². The summed E-state index contributed by atoms with van der Waals surface area (Å²) in [4.78, 5) is 14.9. The summed E-state index contributed by atoms with van der Waals surface area (Å²) in [5.74, 6) is -0.362. The Labute approximate surface area is 122 Å². The Kier molecular flexibility index (Phi) is 4.71. The molecule has 21 heavy (non-hydrogen) atoms. The van der Waals surface area contributed by atoms with Crippen molar-refractivity contribution in [2.75, 3.05) is 17.7 Å². The van der Waals surface area contributed by atoms with Gasteiger partial charge < -0.3 is 10.1 Å². The SMILES string of the molecule is COC(=O)Nc1ccc(NC(C)c2cncc(F)c2)cc1. The van der Waals surface area contributed by atoms with Gasteiger partial charge in [0.25, 0.3) is 0 Å². The molecule has 1 amide bonds. The van der Waals surface area contributed by atoms with Crippen LogP contribution in [0.1, 0.15) is 18.5 Å². The minimum atomic E-state index is -0.519. The standard InChI is InChI=1S/C15H16FN3O2/c1-10(11-7-12(16)9-17-8-11)18-13-3-5-14(6-4-13)19-15(20)21-2/h3-10,18H,1-2H3,(H,19,20). The van der Waals surface area contributed by atoms with Crippen LogP contribution in [0.2, 0.25) is 0 Å². The lowest BCUT2D eigenvalue weighted by molar-refractivity contribution is 0.187. The summed E-state index contributed by atoms with van der Waals surface area (Å²) in [7, 11) is 1.31. The number of hydrogen-bond donors (Lipinski definition) is 2. The third-order valence-corrected chi connectivity index (χ3v) is 2.93. The highest BCUT2D eigenvalue weighted by molar-refractivity contribution is 5.84. The first-order valence-corrected chi connectivity index (χ1v) is 6.40. The predicted octanol–water partition coefficient (Wildman–Crippen LogP) is 3.57. The lowest BCUT2D eigenvalue weighted by Gasteiger charge is -2.15. The molecule has 0 aliphatic carbocycles. The molecule has 2 N–H and O–H groups in total. The third kappa shape index (κ3) is 4.17. The molecule has 2 rings (SSSR count). The highest BCUT2D eigenvalue weighted by Gasteiger charge is 2.07. The monoisotopic (exact) mass is 289 g/mol. The number of aromatic nitrogens is 1. The summed E-state index contributed by atoms with van der Waals surface area (Å²) in [6.45, 7) is 1.91. The van der Waals surface area contributed by atoms with Gasteiger partial charge in [-0.1, -0.05) is 0 Å². The molecule has 0 fully saturated rings. The number of benzene rings is 1. The molecule has 1 heterocycles. The van der Waals surface area contributed by atoms with E-state index in [9.17, 15) is 9.18 Å². The fraction of sp³-hybridized carbons (Fsp3) is 0.200. The first-order valence-electron chi connectivity index (χ1n) is 6.40. The molecule has 2 aromatic rings. The number of halogens is 1. The van der Waals surface area contributed by atoms with E-state index in [1.54, 1.807) is 18.3 Å². The first-order chi connectivity index (χ1) is 10.1. The van der Waals surface area contributed by atoms with Gasteiger partial charge in [0.05, 0.1) is 19.3 Å². The molecule has 1 aromatic heterocycles. The minimum Gasteiger partial charge on any atom is -0.453 e. The zero-order valence-corrected chi connectivity index (χ0v) is 11.8. The molecule has 0 spiro atoms. The molecule has 1 aromatic carbocycles. The molecule has 5 nitrogen and oxygen atoms in total. The van der Waals surface area contributed by atoms with Gasteiger partial charge in [-0.2, -0.15) is 0 Å². The van der Waals surface area contributed by atoms with Crippen LogP contribution in [0.3, 0.4) is 0 Å². The second-order valence-electron chi connectivity index (χ2n) is 4.50. The van der Waals surface area contributed by atoms with Crippen LogP contribution in [-0.2, 0) is 4.74 Å². The minimum absolute atomic E-state index is 0.0902. The molecule has 0 saturated carbocycles. The molecule has 0 bridgehead atoms. The second-order valence-corrected chi connectivity index (χ2v) is 4.50. The number of methoxy groups -OCH3 is 1. The van der Waals surface area contributed by atoms with Crippen molar-refractivity contribution in [1.29, 1.82) is 0 Å². The average Bonchev–Trinajstić information content (AvgIpc) is 2.49. The van der Waals surface area contributed by atoms with Crippen molar-refractivity contribution in [2.45, 2.75) is 13.0 Å². The van der Waals surface area contributed by atoms with Gasteiger partial charge in [0, 0.05) is 17.6 Å². The molecule has 0 radical (unpaired) electrons. The van der Waals surface area contributed by atoms with Crippen LogP contribution in [0.4, 0.5) is 20.6 Å². The molecule has 0 aliphatic heterocycles. The number of pyridine rings is 1. The van der Waals surface area contributed by atoms with Crippen molar-refractivity contribution in [2.24, 2.45) is 0 Å². The maximum atomic E-state index is 13.1. The Morgan fingerprint density at radius 1 is 1.24 bits per heavy atom. The molecule has 110 valence electrons.